The number of rotatable bonds is 1. The Morgan fingerprint density at radius 3 is 2.00 bits per heavy atom. The van der Waals surface area contributed by atoms with Crippen molar-refractivity contribution in [1.29, 1.82) is 0 Å². The van der Waals surface area contributed by atoms with Gasteiger partial charge >= 0.3 is 6.36 Å². The van der Waals surface area contributed by atoms with E-state index in [0.29, 0.717) is 0 Å². The third-order valence-electron chi connectivity index (χ3n) is 1.03. The average molecular weight is 321 g/mol. The zero-order valence-electron chi connectivity index (χ0n) is 5.90. The minimum absolute atomic E-state index is 0.138. The lowest BCUT2D eigenvalue weighted by molar-refractivity contribution is -0.275. The second-order valence-corrected chi connectivity index (χ2v) is 3.69. The molecule has 72 valence electrons. The van der Waals surface area contributed by atoms with Gasteiger partial charge in [0, 0.05) is 12.4 Å². The Hall–Kier alpha value is -0.300. The van der Waals surface area contributed by atoms with Gasteiger partial charge in [0.25, 0.3) is 0 Å². The second-order valence-electron chi connectivity index (χ2n) is 1.98. The van der Waals surface area contributed by atoms with Gasteiger partial charge in [0.2, 0.25) is 0 Å². The van der Waals surface area contributed by atoms with Crippen LogP contribution >= 0.6 is 31.9 Å². The van der Waals surface area contributed by atoms with Gasteiger partial charge in [0.1, 0.15) is 0 Å². The predicted octanol–water partition coefficient (Wildman–Crippen LogP) is 3.51. The standard InChI is InChI=1S/C6H2Br2F3NO/c7-3-1-12-2-4(8)5(3)13-6(9,10)11/h1-2H. The van der Waals surface area contributed by atoms with Crippen LogP contribution in [0.3, 0.4) is 0 Å². The second kappa shape index (κ2) is 3.83. The Balaban J connectivity index is 3.00. The minimum atomic E-state index is -4.70. The van der Waals surface area contributed by atoms with Crippen LogP contribution in [0.5, 0.6) is 5.75 Å². The van der Waals surface area contributed by atoms with Gasteiger partial charge in [0.15, 0.2) is 5.75 Å². The van der Waals surface area contributed by atoms with Gasteiger partial charge in [-0.05, 0) is 31.9 Å². The third kappa shape index (κ3) is 3.15. The van der Waals surface area contributed by atoms with E-state index in [-0.39, 0.29) is 14.7 Å². The van der Waals surface area contributed by atoms with E-state index in [1.807, 2.05) is 0 Å². The summed E-state index contributed by atoms with van der Waals surface area (Å²) in [5, 5.41) is 0. The van der Waals surface area contributed by atoms with E-state index in [9.17, 15) is 13.2 Å². The lowest BCUT2D eigenvalue weighted by Crippen LogP contribution is -2.17. The SMILES string of the molecule is FC(F)(F)Oc1c(Br)cncc1Br. The molecule has 0 unspecified atom stereocenters. The average Bonchev–Trinajstić information content (AvgIpc) is 1.95. The molecule has 1 aromatic heterocycles. The fraction of sp³-hybridized carbons (Fsp3) is 0.167. The molecule has 0 bridgehead atoms. The van der Waals surface area contributed by atoms with Crippen LogP contribution in [-0.4, -0.2) is 11.3 Å². The van der Waals surface area contributed by atoms with Crippen molar-refractivity contribution < 1.29 is 17.9 Å². The topological polar surface area (TPSA) is 22.1 Å². The van der Waals surface area contributed by atoms with E-state index in [0.717, 1.165) is 0 Å². The molecule has 0 spiro atoms. The lowest BCUT2D eigenvalue weighted by Gasteiger charge is -2.11. The highest BCUT2D eigenvalue weighted by Gasteiger charge is 2.32. The first-order valence-electron chi connectivity index (χ1n) is 2.95. The van der Waals surface area contributed by atoms with Gasteiger partial charge in [-0.1, -0.05) is 0 Å². The quantitative estimate of drug-likeness (QED) is 0.790. The predicted molar refractivity (Wildman–Crippen MR) is 46.3 cm³/mol. The third-order valence-corrected chi connectivity index (χ3v) is 2.16. The highest BCUT2D eigenvalue weighted by Crippen LogP contribution is 2.35. The fourth-order valence-electron chi connectivity index (χ4n) is 0.613. The Kier molecular flexibility index (Phi) is 3.18. The zero-order chi connectivity index (χ0) is 10.1. The number of pyridine rings is 1. The summed E-state index contributed by atoms with van der Waals surface area (Å²) in [7, 11) is 0. The van der Waals surface area contributed by atoms with Crippen LogP contribution in [0.2, 0.25) is 0 Å². The first-order chi connectivity index (χ1) is 5.90. The van der Waals surface area contributed by atoms with Crippen LogP contribution in [0, 0.1) is 0 Å². The van der Waals surface area contributed by atoms with Crippen molar-refractivity contribution in [2.75, 3.05) is 0 Å². The van der Waals surface area contributed by atoms with Crippen LogP contribution in [0.25, 0.3) is 0 Å². The van der Waals surface area contributed by atoms with Crippen LogP contribution in [0.15, 0.2) is 21.3 Å². The Labute approximate surface area is 88.4 Å². The lowest BCUT2D eigenvalue weighted by atomic mass is 10.4. The van der Waals surface area contributed by atoms with E-state index in [2.05, 4.69) is 41.6 Å². The Morgan fingerprint density at radius 1 is 1.15 bits per heavy atom. The van der Waals surface area contributed by atoms with Crippen LogP contribution in [0.1, 0.15) is 0 Å². The number of aromatic nitrogens is 1. The van der Waals surface area contributed by atoms with Gasteiger partial charge in [-0.25, -0.2) is 0 Å². The number of nitrogens with zero attached hydrogens (tertiary/aromatic N) is 1. The molecular formula is C6H2Br2F3NO. The van der Waals surface area contributed by atoms with Crippen molar-refractivity contribution in [2.24, 2.45) is 0 Å². The maximum absolute atomic E-state index is 11.8. The first kappa shape index (κ1) is 10.8. The molecule has 1 aromatic rings. The van der Waals surface area contributed by atoms with Crippen molar-refractivity contribution in [3.63, 3.8) is 0 Å². The van der Waals surface area contributed by atoms with E-state index < -0.39 is 6.36 Å². The molecule has 0 aliphatic rings. The van der Waals surface area contributed by atoms with Crippen LogP contribution < -0.4 is 4.74 Å². The monoisotopic (exact) mass is 319 g/mol. The molecule has 1 heterocycles. The van der Waals surface area contributed by atoms with Gasteiger partial charge < -0.3 is 4.74 Å². The van der Waals surface area contributed by atoms with E-state index in [1.54, 1.807) is 0 Å². The summed E-state index contributed by atoms with van der Waals surface area (Å²) >= 11 is 5.76. The summed E-state index contributed by atoms with van der Waals surface area (Å²) in [6.07, 6.45) is -2.27. The van der Waals surface area contributed by atoms with Crippen molar-refractivity contribution in [2.45, 2.75) is 6.36 Å². The van der Waals surface area contributed by atoms with Crippen molar-refractivity contribution in [3.8, 4) is 5.75 Å². The number of alkyl halides is 3. The summed E-state index contributed by atoms with van der Waals surface area (Å²) in [6, 6.07) is 0. The maximum atomic E-state index is 11.8. The van der Waals surface area contributed by atoms with E-state index >= 15 is 0 Å². The molecule has 0 radical (unpaired) electrons. The summed E-state index contributed by atoms with van der Waals surface area (Å²) in [6.45, 7) is 0. The number of halogens is 5. The molecule has 0 saturated carbocycles. The van der Waals surface area contributed by atoms with Gasteiger partial charge in [-0.15, -0.1) is 13.2 Å². The molecule has 0 aliphatic heterocycles. The van der Waals surface area contributed by atoms with Crippen molar-refractivity contribution in [1.82, 2.24) is 4.98 Å². The molecule has 2 nitrogen and oxygen atoms in total. The summed E-state index contributed by atoms with van der Waals surface area (Å²) in [5.74, 6) is -0.331. The highest BCUT2D eigenvalue weighted by atomic mass is 79.9. The molecule has 0 saturated heterocycles. The molecule has 7 heteroatoms. The summed E-state index contributed by atoms with van der Waals surface area (Å²) in [4.78, 5) is 3.63. The van der Waals surface area contributed by atoms with Gasteiger partial charge in [0.05, 0.1) is 8.95 Å². The smallest absolute Gasteiger partial charge is 0.403 e. The largest absolute Gasteiger partial charge is 0.573 e. The molecular weight excluding hydrogens is 319 g/mol. The molecule has 0 aliphatic carbocycles. The number of hydrogen-bond donors (Lipinski definition) is 0. The van der Waals surface area contributed by atoms with Crippen molar-refractivity contribution in [3.05, 3.63) is 21.3 Å². The van der Waals surface area contributed by atoms with Crippen LogP contribution in [0.4, 0.5) is 13.2 Å². The van der Waals surface area contributed by atoms with E-state index in [1.165, 1.54) is 12.4 Å². The zero-order valence-corrected chi connectivity index (χ0v) is 9.07. The Morgan fingerprint density at radius 2 is 1.62 bits per heavy atom. The molecule has 13 heavy (non-hydrogen) atoms. The number of hydrogen-bond acceptors (Lipinski definition) is 2. The van der Waals surface area contributed by atoms with Gasteiger partial charge in [-0.2, -0.15) is 0 Å². The molecule has 0 amide bonds. The van der Waals surface area contributed by atoms with Crippen molar-refractivity contribution >= 4 is 31.9 Å². The maximum Gasteiger partial charge on any atom is 0.573 e. The Bertz CT molecular complexity index is 295. The highest BCUT2D eigenvalue weighted by molar-refractivity contribution is 9.11. The number of ether oxygens (including phenoxy) is 1. The first-order valence-corrected chi connectivity index (χ1v) is 4.53. The minimum Gasteiger partial charge on any atom is -0.403 e. The summed E-state index contributed by atoms with van der Waals surface area (Å²) < 4.78 is 39.5. The fourth-order valence-corrected chi connectivity index (χ4v) is 1.70. The van der Waals surface area contributed by atoms with Gasteiger partial charge in [-0.3, -0.25) is 4.98 Å². The molecule has 0 aromatic carbocycles. The summed E-state index contributed by atoms with van der Waals surface area (Å²) in [5.41, 5.74) is 0. The molecule has 1 rings (SSSR count). The normalized spacial score (nSPS) is 11.5. The molecule has 0 fully saturated rings. The van der Waals surface area contributed by atoms with E-state index in [4.69, 9.17) is 0 Å². The molecule has 0 atom stereocenters. The van der Waals surface area contributed by atoms with Crippen LogP contribution in [-0.2, 0) is 0 Å². The molecule has 0 N–H and O–H groups in total.